The zero-order valence-electron chi connectivity index (χ0n) is 35.5. The molecule has 0 aliphatic heterocycles. The molecule has 2 saturated carbocycles. The quantitative estimate of drug-likeness (QED) is 0.0595. The Hall–Kier alpha value is -6.17. The number of imidazole rings is 2. The maximum atomic E-state index is 12.6. The summed E-state index contributed by atoms with van der Waals surface area (Å²) in [4.78, 5) is 46.0. The van der Waals surface area contributed by atoms with E-state index in [1.807, 2.05) is 38.1 Å². The van der Waals surface area contributed by atoms with Crippen LogP contribution in [0.4, 0.5) is 37.7 Å². The van der Waals surface area contributed by atoms with E-state index in [-0.39, 0.29) is 49.2 Å². The highest BCUT2D eigenvalue weighted by Gasteiger charge is 2.29. The van der Waals surface area contributed by atoms with Crippen molar-refractivity contribution in [1.29, 1.82) is 0 Å². The van der Waals surface area contributed by atoms with Crippen LogP contribution in [0.2, 0.25) is 0 Å². The molecule has 64 heavy (non-hydrogen) atoms. The fourth-order valence-corrected chi connectivity index (χ4v) is 7.37. The van der Waals surface area contributed by atoms with Crippen molar-refractivity contribution < 1.29 is 45.8 Å². The monoisotopic (exact) mass is 890 g/mol. The Morgan fingerprint density at radius 1 is 0.672 bits per heavy atom. The summed E-state index contributed by atoms with van der Waals surface area (Å²) in [5.74, 6) is 1.05. The van der Waals surface area contributed by atoms with E-state index in [1.165, 1.54) is 21.2 Å². The average Bonchev–Trinajstić information content (AvgIpc) is 4.15. The van der Waals surface area contributed by atoms with Crippen LogP contribution < -0.4 is 10.6 Å². The van der Waals surface area contributed by atoms with Crippen molar-refractivity contribution in [2.24, 2.45) is 11.8 Å². The molecule has 18 heteroatoms. The normalized spacial score (nSPS) is 14.1. The lowest BCUT2D eigenvalue weighted by molar-refractivity contribution is -0.132. The number of carbonyl (C=O) groups excluding carboxylic acids is 3. The summed E-state index contributed by atoms with van der Waals surface area (Å²) in [7, 11) is 0. The summed E-state index contributed by atoms with van der Waals surface area (Å²) in [6.45, 7) is 4.42. The van der Waals surface area contributed by atoms with Crippen LogP contribution in [0.5, 0.6) is 0 Å². The predicted molar refractivity (Wildman–Crippen MR) is 229 cm³/mol. The van der Waals surface area contributed by atoms with Gasteiger partial charge in [0.05, 0.1) is 60.3 Å². The minimum atomic E-state index is -4.30. The van der Waals surface area contributed by atoms with Crippen LogP contribution in [0.1, 0.15) is 113 Å². The van der Waals surface area contributed by atoms with E-state index in [9.17, 15) is 45.8 Å². The number of nitrogens with zero attached hydrogens (tertiary/aromatic N) is 6. The predicted octanol–water partition coefficient (Wildman–Crippen LogP) is 10.2. The molecule has 12 nitrogen and oxygen atoms in total. The molecule has 2 aliphatic carbocycles. The standard InChI is InChI=1S/C24H25F3N4O2.C22H23F3N4O2/c1-3-21(32)18-12-19(28-9-8-24(25,26)27)23-29-13-20(31(23)30-18)16-6-7-17(14(2)10-16)22(33)11-15-4-5-15;1-13-8-15(4-5-17(13)20(31)9-14-2-3-14)19-11-27-21-18(26-7-6-22(23,24)25)10-16(12-30)28-29(19)21/h6-7,10,12-13,15,28H,3-5,8-9,11H2,1-2H3;4-5,8,10-11,14,26,30H,2-3,6-7,9,12H2,1H3. The van der Waals surface area contributed by atoms with Gasteiger partial charge in [0.25, 0.3) is 0 Å². The molecule has 0 amide bonds. The number of aryl methyl sites for hydroxylation is 2. The SMILES string of the molecule is CCC(=O)c1cc(NCCC(F)(F)F)c2ncc(-c3ccc(C(=O)CC4CC4)c(C)c3)n2n1.Cc1cc(-c2cnc3c(NCCC(F)(F)F)cc(CO)nn23)ccc1C(=O)CC1CC1. The number of carbonyl (C=O) groups is 3. The van der Waals surface area contributed by atoms with Crippen LogP contribution in [0, 0.1) is 25.7 Å². The van der Waals surface area contributed by atoms with Crippen LogP contribution in [0.15, 0.2) is 60.9 Å². The van der Waals surface area contributed by atoms with Crippen LogP contribution in [-0.4, -0.2) is 77.1 Å². The molecule has 0 spiro atoms. The number of rotatable bonds is 17. The first-order valence-electron chi connectivity index (χ1n) is 21.2. The number of anilines is 2. The third-order valence-corrected chi connectivity index (χ3v) is 11.2. The summed E-state index contributed by atoms with van der Waals surface area (Å²) < 4.78 is 78.3. The molecule has 338 valence electrons. The number of hydrogen-bond acceptors (Lipinski definition) is 10. The second-order valence-corrected chi connectivity index (χ2v) is 16.5. The number of ketones is 3. The lowest BCUT2D eigenvalue weighted by Gasteiger charge is -2.12. The van der Waals surface area contributed by atoms with E-state index in [1.54, 1.807) is 31.5 Å². The number of aliphatic hydroxyl groups excluding tert-OH is 1. The number of halogens is 6. The molecule has 4 aromatic heterocycles. The number of aliphatic hydroxyl groups is 1. The maximum Gasteiger partial charge on any atom is 0.390 e. The Labute approximate surface area is 364 Å². The number of aromatic nitrogens is 6. The summed E-state index contributed by atoms with van der Waals surface area (Å²) in [6, 6.07) is 13.9. The van der Waals surface area contributed by atoms with Crippen LogP contribution in [0.25, 0.3) is 33.8 Å². The molecule has 0 atom stereocenters. The molecule has 2 fully saturated rings. The topological polar surface area (TPSA) is 156 Å². The molecule has 2 aromatic carbocycles. The molecule has 2 aliphatic rings. The van der Waals surface area contributed by atoms with Gasteiger partial charge in [0.1, 0.15) is 5.69 Å². The van der Waals surface area contributed by atoms with Gasteiger partial charge in [-0.05, 0) is 86.8 Å². The van der Waals surface area contributed by atoms with E-state index in [4.69, 9.17) is 0 Å². The Balaban J connectivity index is 0.000000192. The first-order chi connectivity index (χ1) is 30.4. The highest BCUT2D eigenvalue weighted by atomic mass is 19.4. The molecule has 6 aromatic rings. The first kappa shape index (κ1) is 45.8. The lowest BCUT2D eigenvalue weighted by Crippen LogP contribution is -2.16. The largest absolute Gasteiger partial charge is 0.390 e. The third kappa shape index (κ3) is 11.3. The molecular weight excluding hydrogens is 843 g/mol. The van der Waals surface area contributed by atoms with E-state index < -0.39 is 25.2 Å². The maximum absolute atomic E-state index is 12.6. The fourth-order valence-electron chi connectivity index (χ4n) is 7.37. The van der Waals surface area contributed by atoms with Crippen LogP contribution >= 0.6 is 0 Å². The first-order valence-corrected chi connectivity index (χ1v) is 21.2. The number of nitrogens with one attached hydrogen (secondary N) is 2. The zero-order chi connectivity index (χ0) is 45.9. The van der Waals surface area contributed by atoms with Gasteiger partial charge in [0.2, 0.25) is 0 Å². The minimum Gasteiger partial charge on any atom is -0.390 e. The van der Waals surface area contributed by atoms with E-state index in [2.05, 4.69) is 30.8 Å². The minimum absolute atomic E-state index is 0.129. The molecule has 0 unspecified atom stereocenters. The van der Waals surface area contributed by atoms with Gasteiger partial charge in [-0.15, -0.1) is 0 Å². The summed E-state index contributed by atoms with van der Waals surface area (Å²) in [5.41, 5.74) is 7.59. The second kappa shape index (κ2) is 18.9. The van der Waals surface area contributed by atoms with Gasteiger partial charge in [0, 0.05) is 54.6 Å². The van der Waals surface area contributed by atoms with Crippen molar-refractivity contribution in [1.82, 2.24) is 29.2 Å². The number of hydrogen-bond donors (Lipinski definition) is 3. The van der Waals surface area contributed by atoms with Gasteiger partial charge in [-0.1, -0.05) is 31.2 Å². The van der Waals surface area contributed by atoms with Crippen LogP contribution in [-0.2, 0) is 6.61 Å². The zero-order valence-corrected chi connectivity index (χ0v) is 35.5. The highest BCUT2D eigenvalue weighted by Crippen LogP contribution is 2.36. The summed E-state index contributed by atoms with van der Waals surface area (Å²) in [6.07, 6.45) is -1.63. The average molecular weight is 891 g/mol. The highest BCUT2D eigenvalue weighted by molar-refractivity contribution is 5.99. The van der Waals surface area contributed by atoms with Crippen molar-refractivity contribution in [2.75, 3.05) is 23.7 Å². The van der Waals surface area contributed by atoms with Gasteiger partial charge in [-0.25, -0.2) is 19.0 Å². The van der Waals surface area contributed by atoms with Gasteiger partial charge >= 0.3 is 12.4 Å². The van der Waals surface area contributed by atoms with Crippen molar-refractivity contribution in [3.8, 4) is 22.5 Å². The van der Waals surface area contributed by atoms with E-state index in [0.29, 0.717) is 75.6 Å². The lowest BCUT2D eigenvalue weighted by atomic mass is 9.98. The van der Waals surface area contributed by atoms with E-state index in [0.717, 1.165) is 47.9 Å². The molecule has 3 N–H and O–H groups in total. The molecular formula is C46H48F6N8O4. The molecule has 0 bridgehead atoms. The number of Topliss-reactive ketones (excluding diaryl/α,β-unsaturated/α-hetero) is 3. The van der Waals surface area contributed by atoms with Crippen molar-refractivity contribution >= 4 is 40.0 Å². The second-order valence-electron chi connectivity index (χ2n) is 16.5. The Morgan fingerprint density at radius 2 is 1.12 bits per heavy atom. The summed E-state index contributed by atoms with van der Waals surface area (Å²) >= 11 is 0. The Morgan fingerprint density at radius 3 is 1.53 bits per heavy atom. The smallest absolute Gasteiger partial charge is 0.390 e. The molecule has 4 heterocycles. The van der Waals surface area contributed by atoms with Crippen LogP contribution in [0.3, 0.4) is 0 Å². The van der Waals surface area contributed by atoms with Crippen molar-refractivity contribution in [3.05, 3.63) is 94.6 Å². The third-order valence-electron chi connectivity index (χ3n) is 11.2. The molecule has 0 radical (unpaired) electrons. The number of fused-ring (bicyclic) bond motifs is 2. The van der Waals surface area contributed by atoms with Gasteiger partial charge in [-0.3, -0.25) is 14.4 Å². The molecule has 8 rings (SSSR count). The molecule has 0 saturated heterocycles. The van der Waals surface area contributed by atoms with E-state index >= 15 is 0 Å². The number of alkyl halides is 6. The van der Waals surface area contributed by atoms with Gasteiger partial charge < -0.3 is 15.7 Å². The van der Waals surface area contributed by atoms with Gasteiger partial charge in [-0.2, -0.15) is 36.5 Å². The van der Waals surface area contributed by atoms with Crippen molar-refractivity contribution in [2.45, 2.75) is 97.5 Å². The van der Waals surface area contributed by atoms with Crippen molar-refractivity contribution in [3.63, 3.8) is 0 Å². The Bertz CT molecular complexity index is 2700. The fraction of sp³-hybridized carbons (Fsp3) is 0.413. The summed E-state index contributed by atoms with van der Waals surface area (Å²) in [5, 5.41) is 23.8. The Kier molecular flexibility index (Phi) is 13.5. The number of benzene rings is 2. The van der Waals surface area contributed by atoms with Gasteiger partial charge in [0.15, 0.2) is 28.6 Å².